The van der Waals surface area contributed by atoms with Gasteiger partial charge in [-0.2, -0.15) is 0 Å². The first-order valence-corrected chi connectivity index (χ1v) is 7.44. The molecular formula is C13H15BrN4O2. The summed E-state index contributed by atoms with van der Waals surface area (Å²) in [5.41, 5.74) is 1.44. The van der Waals surface area contributed by atoms with E-state index in [1.807, 2.05) is 24.5 Å². The lowest BCUT2D eigenvalue weighted by Crippen LogP contribution is -2.06. The van der Waals surface area contributed by atoms with Crippen molar-refractivity contribution in [3.05, 3.63) is 39.7 Å². The molecule has 2 rings (SSSR count). The van der Waals surface area contributed by atoms with Gasteiger partial charge in [0.15, 0.2) is 5.82 Å². The van der Waals surface area contributed by atoms with E-state index in [1.54, 1.807) is 6.07 Å². The Morgan fingerprint density at radius 1 is 1.40 bits per heavy atom. The fourth-order valence-electron chi connectivity index (χ4n) is 2.17. The molecule has 0 saturated carbocycles. The van der Waals surface area contributed by atoms with Gasteiger partial charge in [-0.1, -0.05) is 35.0 Å². The molecule has 0 saturated heterocycles. The third kappa shape index (κ3) is 2.58. The summed E-state index contributed by atoms with van der Waals surface area (Å²) >= 11 is 3.37. The summed E-state index contributed by atoms with van der Waals surface area (Å²) in [6, 6.07) is 5.03. The maximum absolute atomic E-state index is 11.2. The molecule has 0 spiro atoms. The topological polar surface area (TPSA) is 73.8 Å². The van der Waals surface area contributed by atoms with Crippen LogP contribution in [0, 0.1) is 17.0 Å². The highest BCUT2D eigenvalue weighted by atomic mass is 79.9. The maximum Gasteiger partial charge on any atom is 0.280 e. The fourth-order valence-corrected chi connectivity index (χ4v) is 2.59. The van der Waals surface area contributed by atoms with Gasteiger partial charge in [0.2, 0.25) is 0 Å². The lowest BCUT2D eigenvalue weighted by molar-refractivity contribution is -0.384. The number of halogens is 1. The molecule has 0 radical (unpaired) electrons. The second kappa shape index (κ2) is 6.13. The first kappa shape index (κ1) is 14.6. The quantitative estimate of drug-likeness (QED) is 0.475. The Balaban J connectivity index is 2.68. The van der Waals surface area contributed by atoms with Crippen LogP contribution < -0.4 is 0 Å². The zero-order chi connectivity index (χ0) is 14.7. The number of nitro groups is 1. The van der Waals surface area contributed by atoms with Crippen LogP contribution in [-0.4, -0.2) is 19.7 Å². The summed E-state index contributed by atoms with van der Waals surface area (Å²) in [5, 5.41) is 20.1. The summed E-state index contributed by atoms with van der Waals surface area (Å²) in [7, 11) is 0. The predicted octanol–water partition coefficient (Wildman–Crippen LogP) is 3.47. The number of nitrogens with zero attached hydrogens (tertiary/aromatic N) is 4. The Labute approximate surface area is 125 Å². The number of aryl methyl sites for hydroxylation is 1. The lowest BCUT2D eigenvalue weighted by atomic mass is 10.1. The number of hydrogen-bond donors (Lipinski definition) is 0. The van der Waals surface area contributed by atoms with Crippen molar-refractivity contribution in [3.8, 4) is 11.4 Å². The van der Waals surface area contributed by atoms with Gasteiger partial charge in [0, 0.05) is 12.6 Å². The summed E-state index contributed by atoms with van der Waals surface area (Å²) in [4.78, 5) is 10.9. The van der Waals surface area contributed by atoms with Crippen LogP contribution in [0.3, 0.4) is 0 Å². The van der Waals surface area contributed by atoms with Gasteiger partial charge in [-0.05, 0) is 18.9 Å². The Hall–Kier alpha value is -1.76. The van der Waals surface area contributed by atoms with Gasteiger partial charge in [0.25, 0.3) is 5.69 Å². The normalized spacial score (nSPS) is 10.8. The Kier molecular flexibility index (Phi) is 4.49. The summed E-state index contributed by atoms with van der Waals surface area (Å²) in [6.45, 7) is 4.63. The van der Waals surface area contributed by atoms with Crippen LogP contribution in [0.25, 0.3) is 11.4 Å². The van der Waals surface area contributed by atoms with E-state index >= 15 is 0 Å². The molecule has 0 unspecified atom stereocenters. The van der Waals surface area contributed by atoms with E-state index in [2.05, 4.69) is 26.1 Å². The zero-order valence-corrected chi connectivity index (χ0v) is 12.9. The van der Waals surface area contributed by atoms with E-state index in [0.717, 1.165) is 24.4 Å². The van der Waals surface area contributed by atoms with Crippen molar-refractivity contribution in [2.75, 3.05) is 0 Å². The second-order valence-electron chi connectivity index (χ2n) is 4.45. The summed E-state index contributed by atoms with van der Waals surface area (Å²) in [5.74, 6) is 1.34. The fraction of sp³-hybridized carbons (Fsp3) is 0.385. The largest absolute Gasteiger partial charge is 0.310 e. The average Bonchev–Trinajstić information content (AvgIpc) is 2.81. The Bertz CT molecular complexity index is 639. The summed E-state index contributed by atoms with van der Waals surface area (Å²) < 4.78 is 1.93. The third-order valence-corrected chi connectivity index (χ3v) is 3.57. The van der Waals surface area contributed by atoms with Crippen LogP contribution >= 0.6 is 15.9 Å². The SMILES string of the molecule is CCCn1c(CBr)nnc1-c1c(C)cccc1[N+](=O)[O-]. The summed E-state index contributed by atoms with van der Waals surface area (Å²) in [6.07, 6.45) is 0.907. The number of hydrogen-bond acceptors (Lipinski definition) is 4. The molecule has 7 heteroatoms. The molecule has 1 aromatic heterocycles. The number of aromatic nitrogens is 3. The molecule has 0 aliphatic carbocycles. The molecule has 0 aliphatic heterocycles. The number of rotatable bonds is 5. The van der Waals surface area contributed by atoms with Crippen molar-refractivity contribution in [2.45, 2.75) is 32.1 Å². The van der Waals surface area contributed by atoms with Crippen LogP contribution in [0.2, 0.25) is 0 Å². The molecule has 0 aliphatic rings. The number of alkyl halides is 1. The van der Waals surface area contributed by atoms with Gasteiger partial charge < -0.3 is 4.57 Å². The molecule has 0 amide bonds. The van der Waals surface area contributed by atoms with Crippen molar-refractivity contribution in [1.29, 1.82) is 0 Å². The van der Waals surface area contributed by atoms with Crippen LogP contribution in [0.5, 0.6) is 0 Å². The maximum atomic E-state index is 11.2. The van der Waals surface area contributed by atoms with Crippen molar-refractivity contribution in [2.24, 2.45) is 0 Å². The van der Waals surface area contributed by atoms with E-state index in [1.165, 1.54) is 6.07 Å². The first-order valence-electron chi connectivity index (χ1n) is 6.32. The van der Waals surface area contributed by atoms with Gasteiger partial charge in [-0.15, -0.1) is 10.2 Å². The minimum Gasteiger partial charge on any atom is -0.310 e. The Morgan fingerprint density at radius 3 is 2.75 bits per heavy atom. The number of nitro benzene ring substituents is 1. The minimum atomic E-state index is -0.374. The van der Waals surface area contributed by atoms with E-state index in [0.29, 0.717) is 16.7 Å². The van der Waals surface area contributed by atoms with Gasteiger partial charge >= 0.3 is 0 Å². The molecule has 1 aromatic carbocycles. The van der Waals surface area contributed by atoms with Gasteiger partial charge in [-0.25, -0.2) is 0 Å². The molecule has 0 fully saturated rings. The molecule has 2 aromatic rings. The lowest BCUT2D eigenvalue weighted by Gasteiger charge is -2.10. The van der Waals surface area contributed by atoms with Crippen molar-refractivity contribution in [3.63, 3.8) is 0 Å². The molecule has 0 N–H and O–H groups in total. The van der Waals surface area contributed by atoms with E-state index in [-0.39, 0.29) is 10.6 Å². The first-order chi connectivity index (χ1) is 9.60. The molecule has 0 atom stereocenters. The van der Waals surface area contributed by atoms with Crippen LogP contribution in [0.15, 0.2) is 18.2 Å². The minimum absolute atomic E-state index is 0.0656. The van der Waals surface area contributed by atoms with Gasteiger partial charge in [0.1, 0.15) is 5.82 Å². The van der Waals surface area contributed by atoms with Gasteiger partial charge in [-0.3, -0.25) is 10.1 Å². The monoisotopic (exact) mass is 338 g/mol. The molecule has 0 bridgehead atoms. The van der Waals surface area contributed by atoms with Crippen molar-refractivity contribution in [1.82, 2.24) is 14.8 Å². The van der Waals surface area contributed by atoms with E-state index in [9.17, 15) is 10.1 Å². The van der Waals surface area contributed by atoms with E-state index in [4.69, 9.17) is 0 Å². The highest BCUT2D eigenvalue weighted by Gasteiger charge is 2.23. The molecular weight excluding hydrogens is 324 g/mol. The predicted molar refractivity (Wildman–Crippen MR) is 79.8 cm³/mol. The zero-order valence-electron chi connectivity index (χ0n) is 11.3. The molecule has 1 heterocycles. The van der Waals surface area contributed by atoms with Crippen molar-refractivity contribution >= 4 is 21.6 Å². The van der Waals surface area contributed by atoms with Crippen LogP contribution in [0.4, 0.5) is 5.69 Å². The average molecular weight is 339 g/mol. The Morgan fingerprint density at radius 2 is 2.15 bits per heavy atom. The van der Waals surface area contributed by atoms with E-state index < -0.39 is 0 Å². The van der Waals surface area contributed by atoms with Crippen molar-refractivity contribution < 1.29 is 4.92 Å². The molecule has 20 heavy (non-hydrogen) atoms. The van der Waals surface area contributed by atoms with Crippen LogP contribution in [-0.2, 0) is 11.9 Å². The number of benzene rings is 1. The second-order valence-corrected chi connectivity index (χ2v) is 5.01. The highest BCUT2D eigenvalue weighted by molar-refractivity contribution is 9.08. The molecule has 6 nitrogen and oxygen atoms in total. The smallest absolute Gasteiger partial charge is 0.280 e. The standard InChI is InChI=1S/C13H15BrN4O2/c1-3-7-17-11(8-14)15-16-13(17)12-9(2)5-4-6-10(12)18(19)20/h4-6H,3,7-8H2,1-2H3. The highest BCUT2D eigenvalue weighted by Crippen LogP contribution is 2.32. The molecule has 106 valence electrons. The van der Waals surface area contributed by atoms with Gasteiger partial charge in [0.05, 0.1) is 15.8 Å². The third-order valence-electron chi connectivity index (χ3n) is 3.07. The van der Waals surface area contributed by atoms with Crippen LogP contribution in [0.1, 0.15) is 24.7 Å².